The molecule has 1 atom stereocenters. The number of carbonyl (C=O) groups excluding carboxylic acids is 1. The van der Waals surface area contributed by atoms with E-state index in [4.69, 9.17) is 16.3 Å². The van der Waals surface area contributed by atoms with E-state index in [1.165, 1.54) is 0 Å². The van der Waals surface area contributed by atoms with E-state index in [9.17, 15) is 4.79 Å². The van der Waals surface area contributed by atoms with Gasteiger partial charge in [-0.1, -0.05) is 23.7 Å². The van der Waals surface area contributed by atoms with Gasteiger partial charge in [0.25, 0.3) is 0 Å². The molecule has 22 heavy (non-hydrogen) atoms. The summed E-state index contributed by atoms with van der Waals surface area (Å²) in [5.41, 5.74) is 2.35. The predicted octanol–water partition coefficient (Wildman–Crippen LogP) is 2.89. The normalized spacial score (nSPS) is 12.0. The van der Waals surface area contributed by atoms with Gasteiger partial charge in [-0.05, 0) is 24.6 Å². The summed E-state index contributed by atoms with van der Waals surface area (Å²) >= 11 is 6.11. The van der Waals surface area contributed by atoms with Crippen LogP contribution in [0.2, 0.25) is 5.02 Å². The molecule has 0 aliphatic rings. The third kappa shape index (κ3) is 3.78. The summed E-state index contributed by atoms with van der Waals surface area (Å²) in [7, 11) is 3.40. The van der Waals surface area contributed by atoms with Gasteiger partial charge < -0.3 is 15.4 Å². The van der Waals surface area contributed by atoms with Gasteiger partial charge in [-0.3, -0.25) is 4.68 Å². The molecular weight excluding hydrogens is 304 g/mol. The van der Waals surface area contributed by atoms with Crippen LogP contribution in [0.3, 0.4) is 0 Å². The van der Waals surface area contributed by atoms with Crippen LogP contribution in [0.15, 0.2) is 30.5 Å². The lowest BCUT2D eigenvalue weighted by Gasteiger charge is -2.19. The third-order valence-electron chi connectivity index (χ3n) is 3.31. The number of carbonyl (C=O) groups is 1. The van der Waals surface area contributed by atoms with E-state index in [1.807, 2.05) is 32.2 Å². The van der Waals surface area contributed by atoms with E-state index >= 15 is 0 Å². The summed E-state index contributed by atoms with van der Waals surface area (Å²) in [6.45, 7) is 2.23. The maximum absolute atomic E-state index is 12.2. The van der Waals surface area contributed by atoms with E-state index < -0.39 is 0 Å². The number of hydrogen-bond acceptors (Lipinski definition) is 3. The predicted molar refractivity (Wildman–Crippen MR) is 86.2 cm³/mol. The van der Waals surface area contributed by atoms with Gasteiger partial charge in [-0.15, -0.1) is 0 Å². The lowest BCUT2D eigenvalue weighted by molar-refractivity contribution is 0.165. The number of hydrogen-bond donors (Lipinski definition) is 2. The average molecular weight is 323 g/mol. The van der Waals surface area contributed by atoms with Crippen molar-refractivity contribution in [3.63, 3.8) is 0 Å². The Labute approximate surface area is 134 Å². The van der Waals surface area contributed by atoms with Gasteiger partial charge >= 0.3 is 6.03 Å². The Kier molecular flexibility index (Phi) is 5.41. The molecule has 0 saturated heterocycles. The fraction of sp³-hybridized carbons (Fsp3) is 0.333. The Bertz CT molecular complexity index is 636. The Hall–Kier alpha value is -2.05. The number of aromatic nitrogens is 2. The number of halogens is 1. The van der Waals surface area contributed by atoms with Crippen molar-refractivity contribution in [3.05, 3.63) is 46.7 Å². The Morgan fingerprint density at radius 1 is 1.45 bits per heavy atom. The second-order valence-corrected chi connectivity index (χ2v) is 5.33. The molecule has 2 amide bonds. The van der Waals surface area contributed by atoms with Gasteiger partial charge in [0.15, 0.2) is 0 Å². The van der Waals surface area contributed by atoms with Gasteiger partial charge in [0.2, 0.25) is 0 Å². The molecule has 0 aliphatic heterocycles. The minimum Gasteiger partial charge on any atom is -0.382 e. The highest BCUT2D eigenvalue weighted by Crippen LogP contribution is 2.25. The quantitative estimate of drug-likeness (QED) is 0.889. The molecular formula is C15H19ClN4O2. The third-order valence-corrected chi connectivity index (χ3v) is 3.63. The number of nitrogens with zero attached hydrogens (tertiary/aromatic N) is 2. The van der Waals surface area contributed by atoms with Crippen LogP contribution in [0, 0.1) is 6.92 Å². The number of aryl methyl sites for hydroxylation is 2. The highest BCUT2D eigenvalue weighted by atomic mass is 35.5. The molecule has 0 fully saturated rings. The molecule has 1 aromatic heterocycles. The first-order valence-electron chi connectivity index (χ1n) is 6.82. The summed E-state index contributed by atoms with van der Waals surface area (Å²) in [6, 6.07) is 6.64. The molecule has 1 aromatic carbocycles. The summed E-state index contributed by atoms with van der Waals surface area (Å²) < 4.78 is 6.87. The molecule has 0 radical (unpaired) electrons. The maximum Gasteiger partial charge on any atom is 0.319 e. The molecule has 1 unspecified atom stereocenters. The number of para-hydroxylation sites is 1. The van der Waals surface area contributed by atoms with Gasteiger partial charge in [0.1, 0.15) is 0 Å². The summed E-state index contributed by atoms with van der Waals surface area (Å²) in [5.74, 6) is 0. The van der Waals surface area contributed by atoms with Gasteiger partial charge in [0, 0.05) is 20.4 Å². The lowest BCUT2D eigenvalue weighted by Crippen LogP contribution is -2.36. The van der Waals surface area contributed by atoms with Crippen molar-refractivity contribution in [2.45, 2.75) is 13.0 Å². The number of benzene rings is 1. The zero-order valence-electron chi connectivity index (χ0n) is 12.8. The smallest absolute Gasteiger partial charge is 0.319 e. The van der Waals surface area contributed by atoms with Crippen molar-refractivity contribution in [2.24, 2.45) is 7.05 Å². The summed E-state index contributed by atoms with van der Waals surface area (Å²) in [6.07, 6.45) is 1.68. The summed E-state index contributed by atoms with van der Waals surface area (Å²) in [4.78, 5) is 12.2. The monoisotopic (exact) mass is 322 g/mol. The van der Waals surface area contributed by atoms with Crippen LogP contribution in [0.4, 0.5) is 10.5 Å². The largest absolute Gasteiger partial charge is 0.382 e. The van der Waals surface area contributed by atoms with Gasteiger partial charge in [-0.2, -0.15) is 5.10 Å². The number of nitrogens with one attached hydrogen (secondary N) is 2. The first-order valence-corrected chi connectivity index (χ1v) is 7.20. The van der Waals surface area contributed by atoms with Crippen LogP contribution in [0.25, 0.3) is 0 Å². The van der Waals surface area contributed by atoms with Crippen molar-refractivity contribution in [1.82, 2.24) is 15.1 Å². The Morgan fingerprint density at radius 3 is 2.82 bits per heavy atom. The second kappa shape index (κ2) is 7.29. The fourth-order valence-corrected chi connectivity index (χ4v) is 2.46. The zero-order chi connectivity index (χ0) is 16.1. The van der Waals surface area contributed by atoms with Crippen LogP contribution in [0.5, 0.6) is 0 Å². The standard InChI is InChI=1S/C15H19ClN4O2/c1-10-5-4-6-11(16)14(10)19-15(21)18-12(9-22-3)13-7-8-17-20(13)2/h4-8,12H,9H2,1-3H3,(H2,18,19,21). The van der Waals surface area contributed by atoms with Crippen molar-refractivity contribution >= 4 is 23.3 Å². The Balaban J connectivity index is 2.10. The minimum atomic E-state index is -0.348. The number of ether oxygens (including phenoxy) is 1. The van der Waals surface area contributed by atoms with Crippen LogP contribution >= 0.6 is 11.6 Å². The number of anilines is 1. The maximum atomic E-state index is 12.2. The number of rotatable bonds is 5. The van der Waals surface area contributed by atoms with Crippen molar-refractivity contribution in [3.8, 4) is 0 Å². The van der Waals surface area contributed by atoms with Crippen molar-refractivity contribution < 1.29 is 9.53 Å². The zero-order valence-corrected chi connectivity index (χ0v) is 13.5. The van der Waals surface area contributed by atoms with Gasteiger partial charge in [-0.25, -0.2) is 4.79 Å². The van der Waals surface area contributed by atoms with Crippen molar-refractivity contribution in [2.75, 3.05) is 19.0 Å². The van der Waals surface area contributed by atoms with E-state index in [-0.39, 0.29) is 12.1 Å². The average Bonchev–Trinajstić information content (AvgIpc) is 2.89. The fourth-order valence-electron chi connectivity index (χ4n) is 2.19. The molecule has 6 nitrogen and oxygen atoms in total. The molecule has 2 aromatic rings. The molecule has 7 heteroatoms. The van der Waals surface area contributed by atoms with Crippen molar-refractivity contribution in [1.29, 1.82) is 0 Å². The number of amides is 2. The van der Waals surface area contributed by atoms with E-state index in [0.29, 0.717) is 17.3 Å². The molecule has 1 heterocycles. The minimum absolute atomic E-state index is 0.305. The molecule has 0 saturated carbocycles. The Morgan fingerprint density at radius 2 is 2.23 bits per heavy atom. The number of urea groups is 1. The van der Waals surface area contributed by atoms with Crippen LogP contribution < -0.4 is 10.6 Å². The topological polar surface area (TPSA) is 68.2 Å². The molecule has 0 aliphatic carbocycles. The van der Waals surface area contributed by atoms with Crippen LogP contribution in [-0.2, 0) is 11.8 Å². The molecule has 2 rings (SSSR count). The number of methoxy groups -OCH3 is 1. The second-order valence-electron chi connectivity index (χ2n) is 4.92. The molecule has 2 N–H and O–H groups in total. The lowest BCUT2D eigenvalue weighted by atomic mass is 10.2. The van der Waals surface area contributed by atoms with Gasteiger partial charge in [0.05, 0.1) is 29.1 Å². The SMILES string of the molecule is COCC(NC(=O)Nc1c(C)cccc1Cl)c1ccnn1C. The van der Waals surface area contributed by atoms with Crippen LogP contribution in [-0.4, -0.2) is 29.5 Å². The van der Waals surface area contributed by atoms with E-state index in [0.717, 1.165) is 11.3 Å². The van der Waals surface area contributed by atoms with Crippen LogP contribution in [0.1, 0.15) is 17.3 Å². The molecule has 0 spiro atoms. The first-order chi connectivity index (χ1) is 10.5. The van der Waals surface area contributed by atoms with E-state index in [2.05, 4.69) is 15.7 Å². The van der Waals surface area contributed by atoms with E-state index in [1.54, 1.807) is 24.1 Å². The highest BCUT2D eigenvalue weighted by Gasteiger charge is 2.18. The summed E-state index contributed by atoms with van der Waals surface area (Å²) in [5, 5.41) is 10.3. The molecule has 0 bridgehead atoms. The first kappa shape index (κ1) is 16.3. The molecule has 118 valence electrons. The highest BCUT2D eigenvalue weighted by molar-refractivity contribution is 6.33.